The van der Waals surface area contributed by atoms with Crippen LogP contribution in [-0.2, 0) is 0 Å². The van der Waals surface area contributed by atoms with Gasteiger partial charge in [0.2, 0.25) is 0 Å². The number of piperazine rings is 1. The van der Waals surface area contributed by atoms with E-state index < -0.39 is 5.82 Å². The summed E-state index contributed by atoms with van der Waals surface area (Å²) in [4.78, 5) is 16.7. The fraction of sp³-hybridized carbons (Fsp3) is 0.533. The Bertz CT molecular complexity index is 526. The summed E-state index contributed by atoms with van der Waals surface area (Å²) in [5.74, 6) is -0.393. The van der Waals surface area contributed by atoms with E-state index in [9.17, 15) is 9.18 Å². The molecule has 0 spiro atoms. The molecule has 1 N–H and O–H groups in total. The van der Waals surface area contributed by atoms with Crippen molar-refractivity contribution in [3.05, 3.63) is 29.6 Å². The van der Waals surface area contributed by atoms with E-state index in [1.807, 2.05) is 4.90 Å². The smallest absolute Gasteiger partial charge is 0.254 e. The summed E-state index contributed by atoms with van der Waals surface area (Å²) in [6.45, 7) is 5.32. The quantitative estimate of drug-likeness (QED) is 0.885. The van der Waals surface area contributed by atoms with E-state index in [1.165, 1.54) is 25.3 Å². The maximum atomic E-state index is 13.4. The van der Waals surface area contributed by atoms with Crippen molar-refractivity contribution in [3.63, 3.8) is 0 Å². The van der Waals surface area contributed by atoms with E-state index in [0.29, 0.717) is 11.6 Å². The Morgan fingerprint density at radius 3 is 2.57 bits per heavy atom. The SMILES string of the molecule is COc1cc(C(=O)N2CCN(C3CNC3)CC2)ccc1F. The van der Waals surface area contributed by atoms with Gasteiger partial charge in [-0.15, -0.1) is 0 Å². The van der Waals surface area contributed by atoms with Crippen LogP contribution in [0.4, 0.5) is 4.39 Å². The topological polar surface area (TPSA) is 44.8 Å². The summed E-state index contributed by atoms with van der Waals surface area (Å²) in [6, 6.07) is 4.89. The number of nitrogens with zero attached hydrogens (tertiary/aromatic N) is 2. The molecule has 21 heavy (non-hydrogen) atoms. The minimum Gasteiger partial charge on any atom is -0.494 e. The summed E-state index contributed by atoms with van der Waals surface area (Å²) >= 11 is 0. The molecular formula is C15H20FN3O2. The first-order valence-corrected chi connectivity index (χ1v) is 7.26. The van der Waals surface area contributed by atoms with Crippen LogP contribution in [-0.4, -0.2) is 68.1 Å². The predicted molar refractivity (Wildman–Crippen MR) is 77.1 cm³/mol. The Morgan fingerprint density at radius 1 is 1.29 bits per heavy atom. The molecule has 5 nitrogen and oxygen atoms in total. The number of rotatable bonds is 3. The number of hydrogen-bond donors (Lipinski definition) is 1. The van der Waals surface area contributed by atoms with Gasteiger partial charge in [-0.1, -0.05) is 0 Å². The van der Waals surface area contributed by atoms with Gasteiger partial charge >= 0.3 is 0 Å². The largest absolute Gasteiger partial charge is 0.494 e. The van der Waals surface area contributed by atoms with E-state index in [0.717, 1.165) is 39.3 Å². The number of carbonyl (C=O) groups excluding carboxylic acids is 1. The number of benzene rings is 1. The number of halogens is 1. The molecule has 2 aliphatic rings. The lowest BCUT2D eigenvalue weighted by Crippen LogP contribution is -2.62. The normalized spacial score (nSPS) is 20.2. The van der Waals surface area contributed by atoms with Crippen LogP contribution in [0.25, 0.3) is 0 Å². The molecule has 2 heterocycles. The molecule has 0 aliphatic carbocycles. The highest BCUT2D eigenvalue weighted by Gasteiger charge is 2.29. The van der Waals surface area contributed by atoms with Crippen molar-refractivity contribution in [2.75, 3.05) is 46.4 Å². The van der Waals surface area contributed by atoms with Crippen LogP contribution in [0.5, 0.6) is 5.75 Å². The summed E-state index contributed by atoms with van der Waals surface area (Å²) in [7, 11) is 1.40. The van der Waals surface area contributed by atoms with Gasteiger partial charge in [0.1, 0.15) is 0 Å². The summed E-state index contributed by atoms with van der Waals surface area (Å²) in [5.41, 5.74) is 0.479. The zero-order valence-corrected chi connectivity index (χ0v) is 12.1. The molecule has 0 saturated carbocycles. The molecule has 2 aliphatic heterocycles. The Morgan fingerprint density at radius 2 is 2.00 bits per heavy atom. The van der Waals surface area contributed by atoms with Gasteiger partial charge in [-0.2, -0.15) is 0 Å². The molecule has 0 atom stereocenters. The molecule has 3 rings (SSSR count). The fourth-order valence-electron chi connectivity index (χ4n) is 2.80. The molecule has 6 heteroatoms. The highest BCUT2D eigenvalue weighted by Crippen LogP contribution is 2.20. The van der Waals surface area contributed by atoms with Crippen LogP contribution in [0.1, 0.15) is 10.4 Å². The molecule has 114 valence electrons. The molecule has 0 aromatic heterocycles. The minimum absolute atomic E-state index is 0.0558. The van der Waals surface area contributed by atoms with Crippen molar-refractivity contribution < 1.29 is 13.9 Å². The molecule has 0 unspecified atom stereocenters. The van der Waals surface area contributed by atoms with Crippen molar-refractivity contribution in [3.8, 4) is 5.75 Å². The highest BCUT2D eigenvalue weighted by atomic mass is 19.1. The van der Waals surface area contributed by atoms with E-state index in [4.69, 9.17) is 4.74 Å². The van der Waals surface area contributed by atoms with Gasteiger partial charge < -0.3 is 15.0 Å². The Hall–Kier alpha value is -1.66. The first kappa shape index (κ1) is 14.3. The highest BCUT2D eigenvalue weighted by molar-refractivity contribution is 5.94. The number of hydrogen-bond acceptors (Lipinski definition) is 4. The van der Waals surface area contributed by atoms with E-state index in [1.54, 1.807) is 0 Å². The van der Waals surface area contributed by atoms with Gasteiger partial charge in [0.05, 0.1) is 7.11 Å². The summed E-state index contributed by atoms with van der Waals surface area (Å²) in [5, 5.41) is 3.26. The third kappa shape index (κ3) is 2.87. The van der Waals surface area contributed by atoms with Crippen LogP contribution in [0.3, 0.4) is 0 Å². The molecule has 2 fully saturated rings. The Labute approximate surface area is 123 Å². The van der Waals surface area contributed by atoms with Gasteiger partial charge in [0.15, 0.2) is 11.6 Å². The second-order valence-electron chi connectivity index (χ2n) is 5.49. The zero-order valence-electron chi connectivity index (χ0n) is 12.1. The van der Waals surface area contributed by atoms with E-state index in [2.05, 4.69) is 10.2 Å². The lowest BCUT2D eigenvalue weighted by Gasteiger charge is -2.43. The van der Waals surface area contributed by atoms with Crippen molar-refractivity contribution >= 4 is 5.91 Å². The average molecular weight is 293 g/mol. The predicted octanol–water partition coefficient (Wildman–Crippen LogP) is 0.564. The fourth-order valence-corrected chi connectivity index (χ4v) is 2.80. The Balaban J connectivity index is 1.63. The van der Waals surface area contributed by atoms with Crippen LogP contribution in [0.15, 0.2) is 18.2 Å². The number of carbonyl (C=O) groups is 1. The van der Waals surface area contributed by atoms with Gasteiger partial charge in [-0.25, -0.2) is 4.39 Å². The maximum absolute atomic E-state index is 13.4. The zero-order chi connectivity index (χ0) is 14.8. The van der Waals surface area contributed by atoms with Crippen LogP contribution >= 0.6 is 0 Å². The molecular weight excluding hydrogens is 273 g/mol. The van der Waals surface area contributed by atoms with Crippen LogP contribution in [0.2, 0.25) is 0 Å². The maximum Gasteiger partial charge on any atom is 0.254 e. The van der Waals surface area contributed by atoms with E-state index >= 15 is 0 Å². The lowest BCUT2D eigenvalue weighted by molar-refractivity contribution is 0.0501. The third-order valence-corrected chi connectivity index (χ3v) is 4.28. The summed E-state index contributed by atoms with van der Waals surface area (Å²) < 4.78 is 18.3. The van der Waals surface area contributed by atoms with Gasteiger partial charge in [0.25, 0.3) is 5.91 Å². The number of ether oxygens (including phenoxy) is 1. The first-order valence-electron chi connectivity index (χ1n) is 7.26. The number of amides is 1. The molecule has 1 aromatic rings. The monoisotopic (exact) mass is 293 g/mol. The number of methoxy groups -OCH3 is 1. The number of nitrogens with one attached hydrogen (secondary N) is 1. The van der Waals surface area contributed by atoms with Gasteiger partial charge in [0, 0.05) is 50.9 Å². The van der Waals surface area contributed by atoms with Crippen molar-refractivity contribution in [1.29, 1.82) is 0 Å². The Kier molecular flexibility index (Phi) is 4.07. The molecule has 2 saturated heterocycles. The average Bonchev–Trinajstić information content (AvgIpc) is 2.46. The van der Waals surface area contributed by atoms with Gasteiger partial charge in [-0.05, 0) is 18.2 Å². The van der Waals surface area contributed by atoms with Gasteiger partial charge in [-0.3, -0.25) is 9.69 Å². The van der Waals surface area contributed by atoms with Crippen molar-refractivity contribution in [2.24, 2.45) is 0 Å². The van der Waals surface area contributed by atoms with Crippen molar-refractivity contribution in [1.82, 2.24) is 15.1 Å². The molecule has 0 radical (unpaired) electrons. The molecule has 0 bridgehead atoms. The second-order valence-corrected chi connectivity index (χ2v) is 5.49. The molecule has 1 amide bonds. The second kappa shape index (κ2) is 5.99. The first-order chi connectivity index (χ1) is 10.2. The standard InChI is InChI=1S/C15H20FN3O2/c1-21-14-8-11(2-3-13(14)16)15(20)19-6-4-18(5-7-19)12-9-17-10-12/h2-3,8,12,17H,4-7,9-10H2,1H3. The van der Waals surface area contributed by atoms with Crippen LogP contribution < -0.4 is 10.1 Å². The van der Waals surface area contributed by atoms with E-state index in [-0.39, 0.29) is 11.7 Å². The van der Waals surface area contributed by atoms with Crippen LogP contribution in [0, 0.1) is 5.82 Å². The van der Waals surface area contributed by atoms with Crippen molar-refractivity contribution in [2.45, 2.75) is 6.04 Å². The minimum atomic E-state index is -0.448. The lowest BCUT2D eigenvalue weighted by atomic mass is 10.1. The summed E-state index contributed by atoms with van der Waals surface area (Å²) in [6.07, 6.45) is 0. The third-order valence-electron chi connectivity index (χ3n) is 4.28. The molecule has 1 aromatic carbocycles.